The fraction of sp³-hybridized carbons (Fsp3) is 0.364. The molecule has 1 aliphatic heterocycles. The van der Waals surface area contributed by atoms with Crippen LogP contribution in [0.1, 0.15) is 62.0 Å². The summed E-state index contributed by atoms with van der Waals surface area (Å²) in [5, 5.41) is 28.7. The number of aromatic nitrogens is 1. The number of urea groups is 1. The summed E-state index contributed by atoms with van der Waals surface area (Å²) in [5.74, 6) is -1.58. The molecule has 0 radical (unpaired) electrons. The highest BCUT2D eigenvalue weighted by molar-refractivity contribution is 6.04. The van der Waals surface area contributed by atoms with Crippen molar-refractivity contribution in [2.24, 2.45) is 5.41 Å². The van der Waals surface area contributed by atoms with Crippen LogP contribution in [0.5, 0.6) is 0 Å². The number of nitro groups is 1. The number of nitrogens with one attached hydrogen (secondary N) is 3. The smallest absolute Gasteiger partial charge is 0.323 e. The number of anilines is 3. The van der Waals surface area contributed by atoms with Crippen LogP contribution in [0.25, 0.3) is 0 Å². The molecule has 2 heterocycles. The quantitative estimate of drug-likeness (QED) is 0.173. The molecule has 0 bridgehead atoms. The first-order chi connectivity index (χ1) is 22.3. The first-order valence-electron chi connectivity index (χ1n) is 15.2. The number of hydrogen-bond donors (Lipinski definition) is 4. The Morgan fingerprint density at radius 1 is 1.00 bits per heavy atom. The molecule has 1 aromatic heterocycles. The fourth-order valence-corrected chi connectivity index (χ4v) is 5.23. The number of amides is 4. The third-order valence-electron chi connectivity index (χ3n) is 7.48. The summed E-state index contributed by atoms with van der Waals surface area (Å²) in [4.78, 5) is 69.5. The summed E-state index contributed by atoms with van der Waals surface area (Å²) in [6.07, 6.45) is 3.78. The third-order valence-corrected chi connectivity index (χ3v) is 7.48. The number of aliphatic carboxylic acids is 1. The molecule has 14 heteroatoms. The molecular weight excluding hydrogens is 606 g/mol. The van der Waals surface area contributed by atoms with Crippen molar-refractivity contribution in [3.63, 3.8) is 0 Å². The summed E-state index contributed by atoms with van der Waals surface area (Å²) in [6.45, 7) is 8.21. The van der Waals surface area contributed by atoms with E-state index >= 15 is 0 Å². The van der Waals surface area contributed by atoms with Gasteiger partial charge < -0.3 is 30.9 Å². The van der Waals surface area contributed by atoms with Crippen molar-refractivity contribution in [2.45, 2.75) is 46.1 Å². The van der Waals surface area contributed by atoms with E-state index in [1.165, 1.54) is 36.5 Å². The van der Waals surface area contributed by atoms with Gasteiger partial charge in [0.15, 0.2) is 0 Å². The first kappa shape index (κ1) is 34.3. The van der Waals surface area contributed by atoms with Crippen molar-refractivity contribution in [1.29, 1.82) is 0 Å². The van der Waals surface area contributed by atoms with Crippen molar-refractivity contribution in [2.75, 3.05) is 41.7 Å². The van der Waals surface area contributed by atoms with Crippen molar-refractivity contribution >= 4 is 46.6 Å². The molecule has 0 spiro atoms. The third kappa shape index (κ3) is 9.98. The minimum absolute atomic E-state index is 0.0803. The zero-order chi connectivity index (χ0) is 34.1. The van der Waals surface area contributed by atoms with Crippen LogP contribution in [0.2, 0.25) is 0 Å². The summed E-state index contributed by atoms with van der Waals surface area (Å²) in [7, 11) is 0. The predicted molar refractivity (Wildman–Crippen MR) is 176 cm³/mol. The lowest BCUT2D eigenvalue weighted by Crippen LogP contribution is -2.37. The zero-order valence-corrected chi connectivity index (χ0v) is 26.6. The molecule has 0 aliphatic carbocycles. The Morgan fingerprint density at radius 2 is 1.74 bits per heavy atom. The van der Waals surface area contributed by atoms with E-state index < -0.39 is 28.9 Å². The number of carboxylic acid groups (broad SMARTS) is 1. The second kappa shape index (κ2) is 15.2. The van der Waals surface area contributed by atoms with Crippen LogP contribution in [-0.4, -0.2) is 69.9 Å². The summed E-state index contributed by atoms with van der Waals surface area (Å²) in [5.41, 5.74) is 1.68. The lowest BCUT2D eigenvalue weighted by molar-refractivity contribution is -0.384. The van der Waals surface area contributed by atoms with Gasteiger partial charge in [-0.3, -0.25) is 29.5 Å². The van der Waals surface area contributed by atoms with Gasteiger partial charge >= 0.3 is 12.0 Å². The summed E-state index contributed by atoms with van der Waals surface area (Å²) < 4.78 is 0. The molecule has 4 rings (SSSR count). The number of carboxylic acids is 1. The van der Waals surface area contributed by atoms with Crippen molar-refractivity contribution in [3.05, 3.63) is 88.2 Å². The highest BCUT2D eigenvalue weighted by atomic mass is 16.6. The van der Waals surface area contributed by atoms with Crippen LogP contribution >= 0.6 is 0 Å². The van der Waals surface area contributed by atoms with E-state index in [2.05, 4.69) is 20.9 Å². The van der Waals surface area contributed by atoms with Crippen LogP contribution in [0.3, 0.4) is 0 Å². The molecule has 14 nitrogen and oxygen atoms in total. The molecule has 1 saturated heterocycles. The lowest BCUT2D eigenvalue weighted by Gasteiger charge is -2.27. The largest absolute Gasteiger partial charge is 0.481 e. The molecule has 4 N–H and O–H groups in total. The van der Waals surface area contributed by atoms with Gasteiger partial charge in [0.1, 0.15) is 0 Å². The highest BCUT2D eigenvalue weighted by Gasteiger charge is 2.26. The number of non-ortho nitro benzene ring substituents is 1. The van der Waals surface area contributed by atoms with Gasteiger partial charge in [0.25, 0.3) is 11.6 Å². The molecule has 1 unspecified atom stereocenters. The lowest BCUT2D eigenvalue weighted by atomic mass is 9.91. The number of hydrogen-bond acceptors (Lipinski definition) is 8. The Labute approximate surface area is 272 Å². The average Bonchev–Trinajstić information content (AvgIpc) is 3.27. The monoisotopic (exact) mass is 645 g/mol. The standard InChI is InChI=1S/C33H39N7O7/c1-33(2,3)20-29(41)39-15-5-14-38(16-17-39)28-12-7-22(31(44)36-26(19-30(42)43)23-6-4-13-34-21-23)18-27(28)37-32(45)35-24-8-10-25(11-9-24)40(46)47/h4,6-13,18,21,26H,5,14-17,19-20H2,1-3H3,(H,36,44)(H,42,43)(H2,35,37,45). The van der Waals surface area contributed by atoms with Gasteiger partial charge in [0.05, 0.1) is 28.8 Å². The van der Waals surface area contributed by atoms with Crippen molar-refractivity contribution < 1.29 is 29.2 Å². The van der Waals surface area contributed by atoms with Crippen molar-refractivity contribution in [3.8, 4) is 0 Å². The molecule has 4 amide bonds. The topological polar surface area (TPSA) is 187 Å². The Balaban J connectivity index is 1.59. The van der Waals surface area contributed by atoms with Crippen LogP contribution in [0.4, 0.5) is 27.5 Å². The Morgan fingerprint density at radius 3 is 2.38 bits per heavy atom. The molecule has 1 atom stereocenters. The van der Waals surface area contributed by atoms with E-state index in [0.717, 1.165) is 0 Å². The number of carbonyl (C=O) groups excluding carboxylic acids is 3. The van der Waals surface area contributed by atoms with Gasteiger partial charge in [-0.05, 0) is 53.8 Å². The van der Waals surface area contributed by atoms with E-state index in [-0.39, 0.29) is 29.0 Å². The maximum atomic E-state index is 13.4. The first-order valence-corrected chi connectivity index (χ1v) is 15.2. The van der Waals surface area contributed by atoms with Gasteiger partial charge in [-0.25, -0.2) is 4.79 Å². The number of nitrogens with zero attached hydrogens (tertiary/aromatic N) is 4. The van der Waals surface area contributed by atoms with E-state index in [4.69, 9.17) is 0 Å². The maximum Gasteiger partial charge on any atom is 0.323 e. The Hall–Kier alpha value is -5.53. The van der Waals surface area contributed by atoms with Gasteiger partial charge in [-0.1, -0.05) is 26.8 Å². The SMILES string of the molecule is CC(C)(C)CC(=O)N1CCCN(c2ccc(C(=O)NC(CC(=O)O)c3cccnc3)cc2NC(=O)Nc2ccc([N+](=O)[O-])cc2)CC1. The van der Waals surface area contributed by atoms with Crippen LogP contribution in [0.15, 0.2) is 67.0 Å². The number of pyridine rings is 1. The zero-order valence-electron chi connectivity index (χ0n) is 26.6. The number of rotatable bonds is 10. The minimum atomic E-state index is -1.10. The van der Waals surface area contributed by atoms with Crippen LogP contribution in [-0.2, 0) is 9.59 Å². The molecule has 3 aromatic rings. The van der Waals surface area contributed by atoms with Gasteiger partial charge in [-0.2, -0.15) is 0 Å². The molecule has 1 fully saturated rings. The fourth-order valence-electron chi connectivity index (χ4n) is 5.23. The van der Waals surface area contributed by atoms with Gasteiger partial charge in [0, 0.05) is 68.4 Å². The second-order valence-corrected chi connectivity index (χ2v) is 12.5. The minimum Gasteiger partial charge on any atom is -0.481 e. The Bertz CT molecular complexity index is 1610. The number of benzene rings is 2. The van der Waals surface area contributed by atoms with E-state index in [0.29, 0.717) is 61.6 Å². The van der Waals surface area contributed by atoms with Crippen molar-refractivity contribution in [1.82, 2.24) is 15.2 Å². The molecule has 0 saturated carbocycles. The molecule has 2 aromatic carbocycles. The number of carbonyl (C=O) groups is 4. The highest BCUT2D eigenvalue weighted by Crippen LogP contribution is 2.30. The molecule has 248 valence electrons. The van der Waals surface area contributed by atoms with Gasteiger partial charge in [0.2, 0.25) is 5.91 Å². The van der Waals surface area contributed by atoms with E-state index in [1.807, 2.05) is 30.6 Å². The Kier molecular flexibility index (Phi) is 11.1. The van der Waals surface area contributed by atoms with E-state index in [1.54, 1.807) is 30.5 Å². The molecule has 47 heavy (non-hydrogen) atoms. The normalized spacial score (nSPS) is 14.0. The summed E-state index contributed by atoms with van der Waals surface area (Å²) in [6, 6.07) is 12.0. The van der Waals surface area contributed by atoms with Crippen LogP contribution < -0.4 is 20.9 Å². The predicted octanol–water partition coefficient (Wildman–Crippen LogP) is 5.05. The molecule has 1 aliphatic rings. The molecular formula is C33H39N7O7. The summed E-state index contributed by atoms with van der Waals surface area (Å²) >= 11 is 0. The second-order valence-electron chi connectivity index (χ2n) is 12.5. The van der Waals surface area contributed by atoms with E-state index in [9.17, 15) is 34.4 Å². The van der Waals surface area contributed by atoms with Gasteiger partial charge in [-0.15, -0.1) is 0 Å². The maximum absolute atomic E-state index is 13.4. The number of nitro benzene ring substituents is 1. The average molecular weight is 646 g/mol. The van der Waals surface area contributed by atoms with Crippen LogP contribution in [0, 0.1) is 15.5 Å².